The number of imidazole rings is 1. The molecule has 1 fully saturated rings. The SMILES string of the molecule is CC1CCN(Cc2nc3ccccc3n2C(C)C)CC1. The average Bonchev–Trinajstić information content (AvgIpc) is 2.79. The summed E-state index contributed by atoms with van der Waals surface area (Å²) in [7, 11) is 0. The molecule has 2 aromatic rings. The third kappa shape index (κ3) is 2.59. The average molecular weight is 271 g/mol. The summed E-state index contributed by atoms with van der Waals surface area (Å²) in [4.78, 5) is 7.42. The van der Waals surface area contributed by atoms with Crippen molar-refractivity contribution in [3.63, 3.8) is 0 Å². The van der Waals surface area contributed by atoms with Crippen molar-refractivity contribution in [2.45, 2.75) is 46.2 Å². The van der Waals surface area contributed by atoms with Crippen molar-refractivity contribution in [3.05, 3.63) is 30.1 Å². The molecule has 20 heavy (non-hydrogen) atoms. The highest BCUT2D eigenvalue weighted by molar-refractivity contribution is 5.76. The number of fused-ring (bicyclic) bond motifs is 1. The minimum absolute atomic E-state index is 0.459. The second kappa shape index (κ2) is 5.57. The normalized spacial score (nSPS) is 18.2. The Morgan fingerprint density at radius 3 is 2.60 bits per heavy atom. The molecule has 1 aliphatic heterocycles. The number of hydrogen-bond acceptors (Lipinski definition) is 2. The van der Waals surface area contributed by atoms with Crippen molar-refractivity contribution in [2.24, 2.45) is 5.92 Å². The summed E-state index contributed by atoms with van der Waals surface area (Å²) in [5.41, 5.74) is 2.39. The minimum atomic E-state index is 0.459. The first-order valence-corrected chi connectivity index (χ1v) is 7.83. The molecule has 0 N–H and O–H groups in total. The molecule has 0 saturated carbocycles. The van der Waals surface area contributed by atoms with Crippen LogP contribution >= 0.6 is 0 Å². The van der Waals surface area contributed by atoms with E-state index in [0.717, 1.165) is 18.0 Å². The van der Waals surface area contributed by atoms with Crippen LogP contribution in [0.1, 0.15) is 45.5 Å². The van der Waals surface area contributed by atoms with Crippen molar-refractivity contribution in [1.82, 2.24) is 14.5 Å². The predicted octanol–water partition coefficient (Wildman–Crippen LogP) is 3.85. The van der Waals surface area contributed by atoms with Crippen LogP contribution in [-0.4, -0.2) is 27.5 Å². The molecule has 0 aliphatic carbocycles. The maximum Gasteiger partial charge on any atom is 0.124 e. The number of rotatable bonds is 3. The molecule has 3 nitrogen and oxygen atoms in total. The fraction of sp³-hybridized carbons (Fsp3) is 0.588. The summed E-state index contributed by atoms with van der Waals surface area (Å²) < 4.78 is 2.40. The third-order valence-corrected chi connectivity index (χ3v) is 4.43. The highest BCUT2D eigenvalue weighted by Crippen LogP contribution is 2.23. The molecule has 3 rings (SSSR count). The lowest BCUT2D eigenvalue weighted by Gasteiger charge is -2.30. The van der Waals surface area contributed by atoms with E-state index in [0.29, 0.717) is 6.04 Å². The van der Waals surface area contributed by atoms with Gasteiger partial charge in [-0.05, 0) is 57.8 Å². The first kappa shape index (κ1) is 13.6. The van der Waals surface area contributed by atoms with Crippen LogP contribution < -0.4 is 0 Å². The van der Waals surface area contributed by atoms with Crippen LogP contribution in [0.2, 0.25) is 0 Å². The van der Waals surface area contributed by atoms with E-state index in [4.69, 9.17) is 4.98 Å². The zero-order valence-electron chi connectivity index (χ0n) is 12.8. The quantitative estimate of drug-likeness (QED) is 0.845. The van der Waals surface area contributed by atoms with E-state index in [9.17, 15) is 0 Å². The van der Waals surface area contributed by atoms with Gasteiger partial charge in [-0.1, -0.05) is 19.1 Å². The van der Waals surface area contributed by atoms with Crippen molar-refractivity contribution in [1.29, 1.82) is 0 Å². The fourth-order valence-corrected chi connectivity index (χ4v) is 3.20. The van der Waals surface area contributed by atoms with Crippen LogP contribution in [0.5, 0.6) is 0 Å². The smallest absolute Gasteiger partial charge is 0.124 e. The van der Waals surface area contributed by atoms with Crippen LogP contribution in [0, 0.1) is 5.92 Å². The number of para-hydroxylation sites is 2. The molecule has 1 saturated heterocycles. The molecule has 0 radical (unpaired) electrons. The number of hydrogen-bond donors (Lipinski definition) is 0. The number of likely N-dealkylation sites (tertiary alicyclic amines) is 1. The molecule has 0 bridgehead atoms. The molecule has 0 amide bonds. The van der Waals surface area contributed by atoms with Gasteiger partial charge >= 0.3 is 0 Å². The van der Waals surface area contributed by atoms with E-state index >= 15 is 0 Å². The predicted molar refractivity (Wildman–Crippen MR) is 83.8 cm³/mol. The summed E-state index contributed by atoms with van der Waals surface area (Å²) in [5.74, 6) is 2.10. The maximum atomic E-state index is 4.87. The van der Waals surface area contributed by atoms with E-state index < -0.39 is 0 Å². The fourth-order valence-electron chi connectivity index (χ4n) is 3.20. The van der Waals surface area contributed by atoms with Gasteiger partial charge in [0, 0.05) is 6.04 Å². The Labute approximate surface area is 121 Å². The van der Waals surface area contributed by atoms with Gasteiger partial charge in [0.2, 0.25) is 0 Å². The lowest BCUT2D eigenvalue weighted by atomic mass is 9.99. The second-order valence-corrected chi connectivity index (χ2v) is 6.44. The Hall–Kier alpha value is -1.35. The minimum Gasteiger partial charge on any atom is -0.324 e. The third-order valence-electron chi connectivity index (χ3n) is 4.43. The van der Waals surface area contributed by atoms with Gasteiger partial charge in [-0.2, -0.15) is 0 Å². The number of benzene rings is 1. The molecule has 1 aromatic carbocycles. The molecule has 2 heterocycles. The van der Waals surface area contributed by atoms with Gasteiger partial charge in [-0.25, -0.2) is 4.98 Å². The molecule has 1 aliphatic rings. The zero-order valence-corrected chi connectivity index (χ0v) is 12.8. The van der Waals surface area contributed by atoms with Crippen molar-refractivity contribution in [2.75, 3.05) is 13.1 Å². The highest BCUT2D eigenvalue weighted by Gasteiger charge is 2.19. The standard InChI is InChI=1S/C17H25N3/c1-13(2)20-16-7-5-4-6-15(16)18-17(20)12-19-10-8-14(3)9-11-19/h4-7,13-14H,8-12H2,1-3H3. The van der Waals surface area contributed by atoms with Crippen molar-refractivity contribution >= 4 is 11.0 Å². The van der Waals surface area contributed by atoms with Gasteiger partial charge in [0.15, 0.2) is 0 Å². The summed E-state index contributed by atoms with van der Waals surface area (Å²) in [5, 5.41) is 0. The van der Waals surface area contributed by atoms with Gasteiger partial charge in [0.05, 0.1) is 17.6 Å². The molecule has 0 spiro atoms. The number of piperidine rings is 1. The second-order valence-electron chi connectivity index (χ2n) is 6.44. The van der Waals surface area contributed by atoms with Gasteiger partial charge in [-0.15, -0.1) is 0 Å². The summed E-state index contributed by atoms with van der Waals surface area (Å²) in [6.07, 6.45) is 2.64. The Morgan fingerprint density at radius 2 is 1.90 bits per heavy atom. The lowest BCUT2D eigenvalue weighted by molar-refractivity contribution is 0.179. The summed E-state index contributed by atoms with van der Waals surface area (Å²) >= 11 is 0. The Morgan fingerprint density at radius 1 is 1.20 bits per heavy atom. The van der Waals surface area contributed by atoms with Gasteiger partial charge in [-0.3, -0.25) is 4.90 Å². The molecular formula is C17H25N3. The highest BCUT2D eigenvalue weighted by atomic mass is 15.2. The molecular weight excluding hydrogens is 246 g/mol. The first-order chi connectivity index (χ1) is 9.65. The van der Waals surface area contributed by atoms with E-state index in [1.165, 1.54) is 37.3 Å². The Balaban J connectivity index is 1.88. The molecule has 3 heteroatoms. The van der Waals surface area contributed by atoms with E-state index in [-0.39, 0.29) is 0 Å². The van der Waals surface area contributed by atoms with E-state index in [2.05, 4.69) is 54.5 Å². The van der Waals surface area contributed by atoms with Crippen LogP contribution in [0.25, 0.3) is 11.0 Å². The summed E-state index contributed by atoms with van der Waals surface area (Å²) in [6.45, 7) is 10.3. The summed E-state index contributed by atoms with van der Waals surface area (Å²) in [6, 6.07) is 8.95. The Bertz CT molecular complexity index is 577. The van der Waals surface area contributed by atoms with Crippen LogP contribution in [0.15, 0.2) is 24.3 Å². The monoisotopic (exact) mass is 271 g/mol. The zero-order chi connectivity index (χ0) is 14.1. The van der Waals surface area contributed by atoms with Crippen LogP contribution in [0.3, 0.4) is 0 Å². The maximum absolute atomic E-state index is 4.87. The molecule has 108 valence electrons. The van der Waals surface area contributed by atoms with Crippen LogP contribution in [0.4, 0.5) is 0 Å². The van der Waals surface area contributed by atoms with Crippen molar-refractivity contribution in [3.8, 4) is 0 Å². The van der Waals surface area contributed by atoms with Crippen LogP contribution in [-0.2, 0) is 6.54 Å². The van der Waals surface area contributed by atoms with Gasteiger partial charge < -0.3 is 4.57 Å². The van der Waals surface area contributed by atoms with Crippen molar-refractivity contribution < 1.29 is 0 Å². The first-order valence-electron chi connectivity index (χ1n) is 7.83. The molecule has 0 unspecified atom stereocenters. The topological polar surface area (TPSA) is 21.1 Å². The van der Waals surface area contributed by atoms with E-state index in [1.807, 2.05) is 0 Å². The Kier molecular flexibility index (Phi) is 3.79. The lowest BCUT2D eigenvalue weighted by Crippen LogP contribution is -2.33. The largest absolute Gasteiger partial charge is 0.324 e. The number of aromatic nitrogens is 2. The molecule has 0 atom stereocenters. The van der Waals surface area contributed by atoms with Gasteiger partial charge in [0.25, 0.3) is 0 Å². The molecule has 1 aromatic heterocycles. The number of nitrogens with zero attached hydrogens (tertiary/aromatic N) is 3. The van der Waals surface area contributed by atoms with E-state index in [1.54, 1.807) is 0 Å². The van der Waals surface area contributed by atoms with Gasteiger partial charge in [0.1, 0.15) is 5.82 Å².